The number of ketones is 1. The van der Waals surface area contributed by atoms with E-state index in [1.807, 2.05) is 0 Å². The zero-order chi connectivity index (χ0) is 17.7. The van der Waals surface area contributed by atoms with Crippen molar-refractivity contribution in [1.29, 1.82) is 0 Å². The van der Waals surface area contributed by atoms with E-state index in [2.05, 4.69) is 27.7 Å². The molecular formula is C21H36O3. The molecule has 0 spiro atoms. The molecule has 3 heteroatoms. The van der Waals surface area contributed by atoms with Gasteiger partial charge in [-0.15, -0.1) is 0 Å². The van der Waals surface area contributed by atoms with Crippen molar-refractivity contribution in [3.8, 4) is 0 Å². The van der Waals surface area contributed by atoms with Crippen LogP contribution in [0.2, 0.25) is 0 Å². The summed E-state index contributed by atoms with van der Waals surface area (Å²) < 4.78 is 5.94. The molecular weight excluding hydrogens is 300 g/mol. The fourth-order valence-corrected chi connectivity index (χ4v) is 4.73. The van der Waals surface area contributed by atoms with Crippen LogP contribution in [0.5, 0.6) is 0 Å². The number of hydrogen-bond donors (Lipinski definition) is 0. The SMILES string of the molecule is CCCCC1CC(=O)CC1CC(=O)OC1CC(C)CCC1C(C)C. The minimum atomic E-state index is -0.0686. The molecule has 0 bridgehead atoms. The van der Waals surface area contributed by atoms with Gasteiger partial charge >= 0.3 is 5.97 Å². The van der Waals surface area contributed by atoms with Crippen molar-refractivity contribution in [2.24, 2.45) is 29.6 Å². The molecule has 2 fully saturated rings. The van der Waals surface area contributed by atoms with Crippen LogP contribution in [-0.2, 0) is 14.3 Å². The fourth-order valence-electron chi connectivity index (χ4n) is 4.73. The molecule has 0 saturated heterocycles. The van der Waals surface area contributed by atoms with E-state index in [4.69, 9.17) is 4.74 Å². The predicted octanol–water partition coefficient (Wildman–Crippen LogP) is 5.17. The molecule has 0 aromatic heterocycles. The number of carbonyl (C=O) groups is 2. The van der Waals surface area contributed by atoms with E-state index in [9.17, 15) is 9.59 Å². The highest BCUT2D eigenvalue weighted by Gasteiger charge is 2.37. The molecule has 0 aromatic rings. The lowest BCUT2D eigenvalue weighted by atomic mass is 9.75. The van der Waals surface area contributed by atoms with Crippen molar-refractivity contribution in [2.45, 2.75) is 91.6 Å². The van der Waals surface area contributed by atoms with Crippen molar-refractivity contribution in [2.75, 3.05) is 0 Å². The van der Waals surface area contributed by atoms with Crippen LogP contribution in [0, 0.1) is 29.6 Å². The van der Waals surface area contributed by atoms with Crippen LogP contribution in [0.25, 0.3) is 0 Å². The number of esters is 1. The van der Waals surface area contributed by atoms with Gasteiger partial charge in [0.2, 0.25) is 0 Å². The molecule has 24 heavy (non-hydrogen) atoms. The van der Waals surface area contributed by atoms with Gasteiger partial charge in [0.05, 0.1) is 0 Å². The third-order valence-corrected chi connectivity index (χ3v) is 6.25. The smallest absolute Gasteiger partial charge is 0.306 e. The van der Waals surface area contributed by atoms with Gasteiger partial charge in [0.15, 0.2) is 0 Å². The van der Waals surface area contributed by atoms with Gasteiger partial charge in [0.1, 0.15) is 11.9 Å². The Balaban J connectivity index is 1.89. The summed E-state index contributed by atoms with van der Waals surface area (Å²) in [4.78, 5) is 24.4. The standard InChI is InChI=1S/C21H36O3/c1-5-6-7-16-11-18(22)12-17(16)13-21(23)24-20-10-15(4)8-9-19(20)14(2)3/h14-17,19-20H,5-13H2,1-4H3. The van der Waals surface area contributed by atoms with E-state index in [0.717, 1.165) is 32.1 Å². The van der Waals surface area contributed by atoms with E-state index >= 15 is 0 Å². The van der Waals surface area contributed by atoms with Crippen LogP contribution in [-0.4, -0.2) is 17.9 Å². The van der Waals surface area contributed by atoms with Gasteiger partial charge in [-0.05, 0) is 48.9 Å². The van der Waals surface area contributed by atoms with Gasteiger partial charge in [-0.2, -0.15) is 0 Å². The first-order valence-electron chi connectivity index (χ1n) is 10.1. The van der Waals surface area contributed by atoms with Gasteiger partial charge in [-0.25, -0.2) is 0 Å². The lowest BCUT2D eigenvalue weighted by molar-refractivity contribution is -0.157. The lowest BCUT2D eigenvalue weighted by Crippen LogP contribution is -2.36. The Labute approximate surface area is 147 Å². The summed E-state index contributed by atoms with van der Waals surface area (Å²) >= 11 is 0. The molecule has 3 nitrogen and oxygen atoms in total. The Morgan fingerprint density at radius 1 is 1.21 bits per heavy atom. The Morgan fingerprint density at radius 3 is 2.58 bits per heavy atom. The van der Waals surface area contributed by atoms with Crippen molar-refractivity contribution in [3.63, 3.8) is 0 Å². The zero-order valence-electron chi connectivity index (χ0n) is 16.1. The summed E-state index contributed by atoms with van der Waals surface area (Å²) in [6.45, 7) is 8.90. The van der Waals surface area contributed by atoms with Gasteiger partial charge in [0.25, 0.3) is 0 Å². The van der Waals surface area contributed by atoms with E-state index < -0.39 is 0 Å². The maximum absolute atomic E-state index is 12.5. The van der Waals surface area contributed by atoms with Crippen LogP contribution in [0.3, 0.4) is 0 Å². The van der Waals surface area contributed by atoms with Crippen molar-refractivity contribution >= 4 is 11.8 Å². The minimum absolute atomic E-state index is 0.0686. The molecule has 0 aliphatic heterocycles. The average Bonchev–Trinajstić information content (AvgIpc) is 2.84. The van der Waals surface area contributed by atoms with Crippen LogP contribution in [0.1, 0.15) is 85.5 Å². The van der Waals surface area contributed by atoms with Gasteiger partial charge < -0.3 is 4.74 Å². The second kappa shape index (κ2) is 9.01. The van der Waals surface area contributed by atoms with Crippen LogP contribution >= 0.6 is 0 Å². The third-order valence-electron chi connectivity index (χ3n) is 6.25. The molecule has 138 valence electrons. The summed E-state index contributed by atoms with van der Waals surface area (Å²) in [6, 6.07) is 0. The monoisotopic (exact) mass is 336 g/mol. The summed E-state index contributed by atoms with van der Waals surface area (Å²) in [5, 5.41) is 0. The molecule has 0 amide bonds. The topological polar surface area (TPSA) is 43.4 Å². The number of ether oxygens (including phenoxy) is 1. The first-order chi connectivity index (χ1) is 11.4. The zero-order valence-corrected chi connectivity index (χ0v) is 16.1. The van der Waals surface area contributed by atoms with Gasteiger partial charge in [-0.1, -0.05) is 47.0 Å². The second-order valence-corrected chi connectivity index (χ2v) is 8.67. The summed E-state index contributed by atoms with van der Waals surface area (Å²) in [5.41, 5.74) is 0. The molecule has 2 aliphatic carbocycles. The maximum atomic E-state index is 12.5. The largest absolute Gasteiger partial charge is 0.462 e. The molecule has 0 N–H and O–H groups in total. The van der Waals surface area contributed by atoms with Crippen molar-refractivity contribution < 1.29 is 14.3 Å². The van der Waals surface area contributed by atoms with Crippen molar-refractivity contribution in [3.05, 3.63) is 0 Å². The quantitative estimate of drug-likeness (QED) is 0.603. The Hall–Kier alpha value is -0.860. The molecule has 2 saturated carbocycles. The highest BCUT2D eigenvalue weighted by atomic mass is 16.5. The summed E-state index contributed by atoms with van der Waals surface area (Å²) in [7, 11) is 0. The Bertz CT molecular complexity index is 429. The number of rotatable bonds is 7. The number of unbranched alkanes of at least 4 members (excludes halogenated alkanes) is 1. The molecule has 0 aromatic carbocycles. The first-order valence-corrected chi connectivity index (χ1v) is 10.1. The fraction of sp³-hybridized carbons (Fsp3) is 0.905. The molecule has 0 heterocycles. The Kier molecular flexibility index (Phi) is 7.31. The first kappa shape index (κ1) is 19.5. The van der Waals surface area contributed by atoms with Crippen molar-refractivity contribution in [1.82, 2.24) is 0 Å². The van der Waals surface area contributed by atoms with Crippen LogP contribution in [0.15, 0.2) is 0 Å². The maximum Gasteiger partial charge on any atom is 0.306 e. The summed E-state index contributed by atoms with van der Waals surface area (Å²) in [5.74, 6) is 2.57. The molecule has 2 rings (SSSR count). The highest BCUT2D eigenvalue weighted by Crippen LogP contribution is 2.38. The van der Waals surface area contributed by atoms with E-state index in [0.29, 0.717) is 48.7 Å². The number of carbonyl (C=O) groups excluding carboxylic acids is 2. The number of Topliss-reactive ketones (excluding diaryl/α,β-unsaturated/α-hetero) is 1. The van der Waals surface area contributed by atoms with Gasteiger partial charge in [-0.3, -0.25) is 9.59 Å². The van der Waals surface area contributed by atoms with E-state index in [-0.39, 0.29) is 18.0 Å². The molecule has 5 atom stereocenters. The molecule has 2 aliphatic rings. The van der Waals surface area contributed by atoms with E-state index in [1.54, 1.807) is 0 Å². The average molecular weight is 337 g/mol. The van der Waals surface area contributed by atoms with Gasteiger partial charge in [0, 0.05) is 19.3 Å². The number of hydrogen-bond acceptors (Lipinski definition) is 3. The minimum Gasteiger partial charge on any atom is -0.462 e. The van der Waals surface area contributed by atoms with E-state index in [1.165, 1.54) is 6.42 Å². The summed E-state index contributed by atoms with van der Waals surface area (Å²) in [6.07, 6.45) is 8.56. The Morgan fingerprint density at radius 2 is 1.92 bits per heavy atom. The third kappa shape index (κ3) is 5.32. The second-order valence-electron chi connectivity index (χ2n) is 8.67. The lowest BCUT2D eigenvalue weighted by Gasteiger charge is -2.37. The van der Waals surface area contributed by atoms with Crippen LogP contribution in [0.4, 0.5) is 0 Å². The highest BCUT2D eigenvalue weighted by molar-refractivity contribution is 5.82. The molecule has 5 unspecified atom stereocenters. The predicted molar refractivity (Wildman–Crippen MR) is 96.6 cm³/mol. The molecule has 0 radical (unpaired) electrons. The normalized spacial score (nSPS) is 33.9. The van der Waals surface area contributed by atoms with Crippen LogP contribution < -0.4 is 0 Å².